The molecule has 3 atom stereocenters. The van der Waals surface area contributed by atoms with Crippen LogP contribution in [-0.2, 0) is 14.6 Å². The van der Waals surface area contributed by atoms with E-state index in [4.69, 9.17) is 10.5 Å². The zero-order valence-electron chi connectivity index (χ0n) is 15.5. The van der Waals surface area contributed by atoms with Crippen LogP contribution in [0, 0.1) is 6.92 Å². The molecule has 1 saturated carbocycles. The van der Waals surface area contributed by atoms with Crippen LogP contribution in [0.25, 0.3) is 0 Å². The van der Waals surface area contributed by atoms with E-state index in [1.807, 2.05) is 31.2 Å². The minimum absolute atomic E-state index is 0.00221. The van der Waals surface area contributed by atoms with Crippen molar-refractivity contribution in [1.82, 2.24) is 5.32 Å². The first kappa shape index (κ1) is 19.7. The van der Waals surface area contributed by atoms with Crippen LogP contribution in [0.3, 0.4) is 0 Å². The van der Waals surface area contributed by atoms with E-state index in [9.17, 15) is 13.2 Å². The zero-order chi connectivity index (χ0) is 19.0. The monoisotopic (exact) mass is 368 g/mol. The molecule has 1 aromatic carbocycles. The Morgan fingerprint density at radius 2 is 1.84 bits per heavy atom. The van der Waals surface area contributed by atoms with Crippen molar-refractivity contribution in [1.29, 1.82) is 0 Å². The average Bonchev–Trinajstić information content (AvgIpc) is 3.15. The molecule has 0 bridgehead atoms. The largest absolute Gasteiger partial charge is 0.444 e. The Morgan fingerprint density at radius 3 is 2.28 bits per heavy atom. The number of nitrogens with one attached hydrogen (secondary N) is 1. The molecule has 0 radical (unpaired) electrons. The minimum atomic E-state index is -3.39. The number of sulfone groups is 1. The summed E-state index contributed by atoms with van der Waals surface area (Å²) in [6.45, 7) is 8.86. The van der Waals surface area contributed by atoms with Crippen LogP contribution in [-0.4, -0.2) is 43.2 Å². The minimum Gasteiger partial charge on any atom is -0.444 e. The standard InChI is InChI=1S/C18H28N2O4S/c1-6-25(22,23)15-14(13-9-7-12(2)8-10-13)18(15,11-19)20-16(21)24-17(3,4)5/h7-10,14-15H,6,11,19H2,1-5H3,(H,20,21)/t14-,15-,18+/m1/s1. The molecule has 6 nitrogen and oxygen atoms in total. The number of aryl methyl sites for hydroxylation is 1. The van der Waals surface area contributed by atoms with E-state index >= 15 is 0 Å². The van der Waals surface area contributed by atoms with Gasteiger partial charge < -0.3 is 15.8 Å². The van der Waals surface area contributed by atoms with E-state index in [-0.39, 0.29) is 18.2 Å². The zero-order valence-corrected chi connectivity index (χ0v) is 16.3. The Balaban J connectivity index is 2.38. The summed E-state index contributed by atoms with van der Waals surface area (Å²) >= 11 is 0. The first-order valence-electron chi connectivity index (χ1n) is 8.46. The van der Waals surface area contributed by atoms with Gasteiger partial charge in [0.2, 0.25) is 0 Å². The summed E-state index contributed by atoms with van der Waals surface area (Å²) < 4.78 is 30.5. The maximum Gasteiger partial charge on any atom is 0.408 e. The Kier molecular flexibility index (Phi) is 5.21. The van der Waals surface area contributed by atoms with Gasteiger partial charge in [0.1, 0.15) is 5.60 Å². The lowest BCUT2D eigenvalue weighted by molar-refractivity contribution is 0.0497. The fourth-order valence-corrected chi connectivity index (χ4v) is 5.33. The van der Waals surface area contributed by atoms with Crippen molar-refractivity contribution in [2.75, 3.05) is 12.3 Å². The van der Waals surface area contributed by atoms with E-state index in [2.05, 4.69) is 5.32 Å². The summed E-state index contributed by atoms with van der Waals surface area (Å²) in [6, 6.07) is 7.65. The van der Waals surface area contributed by atoms with Gasteiger partial charge in [-0.1, -0.05) is 36.8 Å². The lowest BCUT2D eigenvalue weighted by Crippen LogP contribution is -2.49. The molecule has 1 aromatic rings. The molecule has 0 heterocycles. The molecule has 2 rings (SSSR count). The molecule has 7 heteroatoms. The number of hydrogen-bond donors (Lipinski definition) is 2. The molecular weight excluding hydrogens is 340 g/mol. The third kappa shape index (κ3) is 3.98. The van der Waals surface area contributed by atoms with Crippen LogP contribution in [0.5, 0.6) is 0 Å². The lowest BCUT2D eigenvalue weighted by atomic mass is 10.0. The van der Waals surface area contributed by atoms with Crippen LogP contribution in [0.15, 0.2) is 24.3 Å². The summed E-state index contributed by atoms with van der Waals surface area (Å²) in [4.78, 5) is 12.3. The number of carbonyl (C=O) groups is 1. The summed E-state index contributed by atoms with van der Waals surface area (Å²) in [5.41, 5.74) is 6.17. The summed E-state index contributed by atoms with van der Waals surface area (Å²) in [6.07, 6.45) is -0.649. The van der Waals surface area contributed by atoms with Gasteiger partial charge in [-0.15, -0.1) is 0 Å². The number of amides is 1. The van der Waals surface area contributed by atoms with Crippen molar-refractivity contribution in [2.45, 2.75) is 56.9 Å². The second-order valence-corrected chi connectivity index (χ2v) is 10.0. The molecule has 0 saturated heterocycles. The highest BCUT2D eigenvalue weighted by Crippen LogP contribution is 2.55. The van der Waals surface area contributed by atoms with E-state index in [0.717, 1.165) is 11.1 Å². The van der Waals surface area contributed by atoms with Gasteiger partial charge in [-0.05, 0) is 33.3 Å². The molecule has 0 aliphatic heterocycles. The van der Waals surface area contributed by atoms with Gasteiger partial charge >= 0.3 is 6.09 Å². The van der Waals surface area contributed by atoms with E-state index in [1.165, 1.54) is 0 Å². The van der Waals surface area contributed by atoms with Crippen molar-refractivity contribution in [2.24, 2.45) is 5.73 Å². The average molecular weight is 368 g/mol. The highest BCUT2D eigenvalue weighted by molar-refractivity contribution is 7.92. The molecule has 140 valence electrons. The molecule has 0 unspecified atom stereocenters. The molecule has 25 heavy (non-hydrogen) atoms. The number of nitrogens with two attached hydrogens (primary N) is 1. The number of benzene rings is 1. The third-order valence-electron chi connectivity index (χ3n) is 4.55. The molecule has 1 aliphatic rings. The van der Waals surface area contributed by atoms with Crippen molar-refractivity contribution in [3.63, 3.8) is 0 Å². The third-order valence-corrected chi connectivity index (χ3v) is 6.82. The molecule has 1 aliphatic carbocycles. The highest BCUT2D eigenvalue weighted by atomic mass is 32.2. The highest BCUT2D eigenvalue weighted by Gasteiger charge is 2.71. The second kappa shape index (κ2) is 6.61. The van der Waals surface area contributed by atoms with Gasteiger partial charge in [0.05, 0.1) is 10.8 Å². The van der Waals surface area contributed by atoms with Crippen molar-refractivity contribution in [3.05, 3.63) is 35.4 Å². The normalized spacial score (nSPS) is 26.2. The Bertz CT molecular complexity index is 737. The summed E-state index contributed by atoms with van der Waals surface area (Å²) in [7, 11) is -3.39. The molecule has 1 amide bonds. The van der Waals surface area contributed by atoms with Crippen LogP contribution in [0.2, 0.25) is 0 Å². The van der Waals surface area contributed by atoms with Gasteiger partial charge in [-0.2, -0.15) is 0 Å². The predicted molar refractivity (Wildman–Crippen MR) is 98.3 cm³/mol. The summed E-state index contributed by atoms with van der Waals surface area (Å²) in [5.74, 6) is -0.381. The van der Waals surface area contributed by atoms with E-state index < -0.39 is 32.3 Å². The number of rotatable bonds is 5. The molecule has 0 spiro atoms. The quantitative estimate of drug-likeness (QED) is 0.829. The van der Waals surface area contributed by atoms with Crippen molar-refractivity contribution in [3.8, 4) is 0 Å². The molecule has 3 N–H and O–H groups in total. The van der Waals surface area contributed by atoms with Crippen LogP contribution < -0.4 is 11.1 Å². The van der Waals surface area contributed by atoms with Gasteiger partial charge in [-0.3, -0.25) is 0 Å². The first-order chi connectivity index (χ1) is 11.5. The first-order valence-corrected chi connectivity index (χ1v) is 10.2. The number of ether oxygens (including phenoxy) is 1. The van der Waals surface area contributed by atoms with Crippen molar-refractivity contribution < 1.29 is 17.9 Å². The number of carbonyl (C=O) groups excluding carboxylic acids is 1. The van der Waals surface area contributed by atoms with Crippen LogP contribution in [0.4, 0.5) is 4.79 Å². The van der Waals surface area contributed by atoms with Gasteiger partial charge in [-0.25, -0.2) is 13.2 Å². The fourth-order valence-electron chi connectivity index (χ4n) is 3.29. The fraction of sp³-hybridized carbons (Fsp3) is 0.611. The molecular formula is C18H28N2O4S. The van der Waals surface area contributed by atoms with Gasteiger partial charge in [0.15, 0.2) is 9.84 Å². The summed E-state index contributed by atoms with van der Waals surface area (Å²) in [5, 5.41) is 2.02. The number of hydrogen-bond acceptors (Lipinski definition) is 5. The van der Waals surface area contributed by atoms with Gasteiger partial charge in [0.25, 0.3) is 0 Å². The van der Waals surface area contributed by atoms with Gasteiger partial charge in [0, 0.05) is 18.2 Å². The lowest BCUT2D eigenvalue weighted by Gasteiger charge is -2.24. The maximum atomic E-state index is 12.6. The van der Waals surface area contributed by atoms with Crippen LogP contribution >= 0.6 is 0 Å². The molecule has 0 aromatic heterocycles. The Hall–Kier alpha value is -1.60. The van der Waals surface area contributed by atoms with E-state index in [1.54, 1.807) is 27.7 Å². The second-order valence-electron chi connectivity index (χ2n) is 7.63. The predicted octanol–water partition coefficient (Wildman–Crippen LogP) is 2.12. The SMILES string of the molecule is CCS(=O)(=O)[C@@H]1[C@@H](c2ccc(C)cc2)[C@]1(CN)NC(=O)OC(C)(C)C. The smallest absolute Gasteiger partial charge is 0.408 e. The Morgan fingerprint density at radius 1 is 1.28 bits per heavy atom. The Labute approximate surface area is 150 Å². The van der Waals surface area contributed by atoms with Crippen molar-refractivity contribution >= 4 is 15.9 Å². The topological polar surface area (TPSA) is 98.5 Å². The number of alkyl carbamates (subject to hydrolysis) is 1. The van der Waals surface area contributed by atoms with Crippen LogP contribution in [0.1, 0.15) is 44.7 Å². The van der Waals surface area contributed by atoms with E-state index in [0.29, 0.717) is 0 Å². The molecule has 1 fully saturated rings. The maximum absolute atomic E-state index is 12.6.